The Morgan fingerprint density at radius 3 is 2.91 bits per heavy atom. The fourth-order valence-corrected chi connectivity index (χ4v) is 2.25. The molecule has 1 fully saturated rings. The van der Waals surface area contributed by atoms with Gasteiger partial charge in [0.15, 0.2) is 0 Å². The van der Waals surface area contributed by atoms with Crippen molar-refractivity contribution >= 4 is 23.3 Å². The zero-order valence-electron chi connectivity index (χ0n) is 6.63. The van der Waals surface area contributed by atoms with Crippen LogP contribution in [0, 0.1) is 0 Å². The molecule has 0 bridgehead atoms. The predicted octanol–water partition coefficient (Wildman–Crippen LogP) is 1.43. The van der Waals surface area contributed by atoms with Gasteiger partial charge in [0.25, 0.3) is 0 Å². The standard InChI is InChI=1S/C8H12O2S/c1-6(9)5-11-8-4-2-3-7(8)10/h8H,2-5H2,1H3. The number of Topliss-reactive ketones (excluding diaryl/α,β-unsaturated/α-hetero) is 2. The Bertz CT molecular complexity index is 177. The van der Waals surface area contributed by atoms with Crippen molar-refractivity contribution in [2.24, 2.45) is 0 Å². The maximum Gasteiger partial charge on any atom is 0.145 e. The summed E-state index contributed by atoms with van der Waals surface area (Å²) in [5.74, 6) is 0.988. The Morgan fingerprint density at radius 2 is 2.45 bits per heavy atom. The summed E-state index contributed by atoms with van der Waals surface area (Å²) in [5.41, 5.74) is 0. The van der Waals surface area contributed by atoms with Gasteiger partial charge in [-0.2, -0.15) is 0 Å². The van der Waals surface area contributed by atoms with Gasteiger partial charge in [-0.3, -0.25) is 9.59 Å². The van der Waals surface area contributed by atoms with Gasteiger partial charge < -0.3 is 0 Å². The van der Waals surface area contributed by atoms with E-state index in [2.05, 4.69) is 0 Å². The largest absolute Gasteiger partial charge is 0.299 e. The van der Waals surface area contributed by atoms with E-state index in [4.69, 9.17) is 0 Å². The Morgan fingerprint density at radius 1 is 1.73 bits per heavy atom. The van der Waals surface area contributed by atoms with Crippen LogP contribution in [0.5, 0.6) is 0 Å². The van der Waals surface area contributed by atoms with Gasteiger partial charge in [0.05, 0.1) is 11.0 Å². The van der Waals surface area contributed by atoms with Crippen molar-refractivity contribution in [3.8, 4) is 0 Å². The number of carbonyl (C=O) groups is 2. The maximum absolute atomic E-state index is 11.1. The van der Waals surface area contributed by atoms with Crippen molar-refractivity contribution in [2.45, 2.75) is 31.4 Å². The second-order valence-corrected chi connectivity index (χ2v) is 4.05. The predicted molar refractivity (Wildman–Crippen MR) is 45.8 cm³/mol. The van der Waals surface area contributed by atoms with Crippen LogP contribution in [0.3, 0.4) is 0 Å². The van der Waals surface area contributed by atoms with Crippen LogP contribution in [-0.2, 0) is 9.59 Å². The first-order valence-electron chi connectivity index (χ1n) is 3.84. The summed E-state index contributed by atoms with van der Waals surface area (Å²) in [7, 11) is 0. The van der Waals surface area contributed by atoms with E-state index in [1.165, 1.54) is 11.8 Å². The Hall–Kier alpha value is -0.310. The van der Waals surface area contributed by atoms with E-state index in [0.29, 0.717) is 11.5 Å². The van der Waals surface area contributed by atoms with Gasteiger partial charge in [-0.1, -0.05) is 0 Å². The second kappa shape index (κ2) is 3.90. The molecular formula is C8H12O2S. The Kier molecular flexibility index (Phi) is 3.12. The molecule has 1 atom stereocenters. The van der Waals surface area contributed by atoms with Crippen molar-refractivity contribution in [1.82, 2.24) is 0 Å². The lowest BCUT2D eigenvalue weighted by molar-refractivity contribution is -0.117. The smallest absolute Gasteiger partial charge is 0.145 e. The van der Waals surface area contributed by atoms with Crippen LogP contribution in [0.25, 0.3) is 0 Å². The van der Waals surface area contributed by atoms with E-state index in [1.807, 2.05) is 0 Å². The highest BCUT2D eigenvalue weighted by Gasteiger charge is 2.24. The quantitative estimate of drug-likeness (QED) is 0.646. The van der Waals surface area contributed by atoms with Crippen molar-refractivity contribution in [2.75, 3.05) is 5.75 Å². The average Bonchev–Trinajstić information content (AvgIpc) is 2.31. The molecule has 0 aromatic rings. The normalized spacial score (nSPS) is 24.1. The number of carbonyl (C=O) groups excluding carboxylic acids is 2. The summed E-state index contributed by atoms with van der Waals surface area (Å²) in [4.78, 5) is 21.6. The minimum atomic E-state index is 0.124. The van der Waals surface area contributed by atoms with Crippen molar-refractivity contribution in [3.05, 3.63) is 0 Å². The minimum absolute atomic E-state index is 0.124. The molecule has 1 saturated carbocycles. The number of hydrogen-bond donors (Lipinski definition) is 0. The molecule has 2 nitrogen and oxygen atoms in total. The number of ketones is 2. The monoisotopic (exact) mass is 172 g/mol. The average molecular weight is 172 g/mol. The van der Waals surface area contributed by atoms with Crippen molar-refractivity contribution < 1.29 is 9.59 Å². The maximum atomic E-state index is 11.1. The summed E-state index contributed by atoms with van der Waals surface area (Å²) in [5, 5.41) is 0.124. The van der Waals surface area contributed by atoms with Gasteiger partial charge >= 0.3 is 0 Å². The van der Waals surface area contributed by atoms with Gasteiger partial charge in [0.2, 0.25) is 0 Å². The third-order valence-corrected chi connectivity index (χ3v) is 3.21. The lowest BCUT2D eigenvalue weighted by atomic mass is 10.3. The summed E-state index contributed by atoms with van der Waals surface area (Å²) >= 11 is 1.50. The number of rotatable bonds is 3. The van der Waals surface area contributed by atoms with E-state index in [-0.39, 0.29) is 11.0 Å². The van der Waals surface area contributed by atoms with Crippen molar-refractivity contribution in [1.29, 1.82) is 0 Å². The summed E-state index contributed by atoms with van der Waals surface area (Å²) in [6, 6.07) is 0. The van der Waals surface area contributed by atoms with Gasteiger partial charge in [-0.15, -0.1) is 11.8 Å². The molecule has 1 aliphatic carbocycles. The van der Waals surface area contributed by atoms with E-state index in [0.717, 1.165) is 19.3 Å². The van der Waals surface area contributed by atoms with Crippen LogP contribution in [-0.4, -0.2) is 22.6 Å². The molecule has 0 aromatic carbocycles. The summed E-state index contributed by atoms with van der Waals surface area (Å²) in [6.45, 7) is 1.56. The Balaban J connectivity index is 2.26. The molecule has 62 valence electrons. The highest BCUT2D eigenvalue weighted by atomic mass is 32.2. The van der Waals surface area contributed by atoms with Crippen LogP contribution in [0.2, 0.25) is 0 Å². The molecule has 0 aliphatic heterocycles. The molecule has 0 heterocycles. The van der Waals surface area contributed by atoms with Gasteiger partial charge in [0, 0.05) is 6.42 Å². The molecular weight excluding hydrogens is 160 g/mol. The van der Waals surface area contributed by atoms with E-state index in [9.17, 15) is 9.59 Å². The fraction of sp³-hybridized carbons (Fsp3) is 0.750. The highest BCUT2D eigenvalue weighted by molar-refractivity contribution is 8.01. The molecule has 0 radical (unpaired) electrons. The van der Waals surface area contributed by atoms with Crippen LogP contribution in [0.15, 0.2) is 0 Å². The molecule has 3 heteroatoms. The zero-order valence-corrected chi connectivity index (χ0v) is 7.45. The lowest BCUT2D eigenvalue weighted by Crippen LogP contribution is -2.10. The number of thioether (sulfide) groups is 1. The number of hydrogen-bond acceptors (Lipinski definition) is 3. The van der Waals surface area contributed by atoms with Gasteiger partial charge in [-0.25, -0.2) is 0 Å². The minimum Gasteiger partial charge on any atom is -0.299 e. The molecule has 1 unspecified atom stereocenters. The molecule has 0 amide bonds. The summed E-state index contributed by atoms with van der Waals surface area (Å²) in [6.07, 6.45) is 2.70. The Labute approximate surface area is 70.7 Å². The van der Waals surface area contributed by atoms with E-state index in [1.54, 1.807) is 6.92 Å². The first-order valence-corrected chi connectivity index (χ1v) is 4.89. The van der Waals surface area contributed by atoms with Crippen LogP contribution in [0.1, 0.15) is 26.2 Å². The first-order chi connectivity index (χ1) is 5.20. The molecule has 1 aliphatic rings. The van der Waals surface area contributed by atoms with E-state index >= 15 is 0 Å². The highest BCUT2D eigenvalue weighted by Crippen LogP contribution is 2.26. The van der Waals surface area contributed by atoms with Gasteiger partial charge in [0.1, 0.15) is 11.6 Å². The third kappa shape index (κ3) is 2.66. The SMILES string of the molecule is CC(=O)CSC1CCCC1=O. The van der Waals surface area contributed by atoms with Gasteiger partial charge in [-0.05, 0) is 19.8 Å². The lowest BCUT2D eigenvalue weighted by Gasteiger charge is -2.03. The van der Waals surface area contributed by atoms with Crippen LogP contribution >= 0.6 is 11.8 Å². The summed E-state index contributed by atoms with van der Waals surface area (Å²) < 4.78 is 0. The third-order valence-electron chi connectivity index (χ3n) is 1.74. The molecule has 0 N–H and O–H groups in total. The molecule has 0 saturated heterocycles. The zero-order chi connectivity index (χ0) is 8.27. The molecule has 0 aromatic heterocycles. The van der Waals surface area contributed by atoms with Crippen LogP contribution in [0.4, 0.5) is 0 Å². The van der Waals surface area contributed by atoms with Crippen LogP contribution < -0.4 is 0 Å². The topological polar surface area (TPSA) is 34.1 Å². The second-order valence-electron chi connectivity index (χ2n) is 2.86. The molecule has 11 heavy (non-hydrogen) atoms. The fourth-order valence-electron chi connectivity index (χ4n) is 1.18. The molecule has 0 spiro atoms. The van der Waals surface area contributed by atoms with E-state index < -0.39 is 0 Å². The van der Waals surface area contributed by atoms with Crippen molar-refractivity contribution in [3.63, 3.8) is 0 Å². The molecule has 1 rings (SSSR count). The first kappa shape index (κ1) is 8.78.